The van der Waals surface area contributed by atoms with Crippen LogP contribution in [0.2, 0.25) is 0 Å². The highest BCUT2D eigenvalue weighted by Gasteiger charge is 2.79. The van der Waals surface area contributed by atoms with Crippen LogP contribution in [0.5, 0.6) is 0 Å². The van der Waals surface area contributed by atoms with Crippen LogP contribution in [0.1, 0.15) is 61.2 Å². The van der Waals surface area contributed by atoms with Crippen molar-refractivity contribution in [3.8, 4) is 0 Å². The molecule has 196 valence electrons. The Labute approximate surface area is 209 Å². The molecule has 3 aliphatic carbocycles. The van der Waals surface area contributed by atoms with Crippen molar-refractivity contribution in [1.29, 1.82) is 0 Å². The zero-order valence-corrected chi connectivity index (χ0v) is 20.7. The standard InChI is InChI=1S/C25H27F3N6O3/c1-32(2)34-10-15(4-5-18(34)35)17-8-14(6-7-37-17)21-30-19-16(9-29-33(3)22(19)36)20(31-21)23-11-24(12-23,13-23)25(26,27)28/h4-5,9-10,14,17H,6-8,11-13H2,1-3H3/t14-,17+,23?,24?/m0/s1. The summed E-state index contributed by atoms with van der Waals surface area (Å²) in [6, 6.07) is 3.23. The fourth-order valence-electron chi connectivity index (χ4n) is 6.31. The van der Waals surface area contributed by atoms with Crippen LogP contribution in [0.4, 0.5) is 13.2 Å². The van der Waals surface area contributed by atoms with Gasteiger partial charge in [0.25, 0.3) is 11.1 Å². The fraction of sp³-hybridized carbons (Fsp3) is 0.560. The first kappa shape index (κ1) is 24.1. The number of hydrogen-bond acceptors (Lipinski definition) is 7. The highest BCUT2D eigenvalue weighted by atomic mass is 19.4. The Morgan fingerprint density at radius 3 is 2.54 bits per heavy atom. The van der Waals surface area contributed by atoms with Crippen molar-refractivity contribution in [1.82, 2.24) is 24.4 Å². The van der Waals surface area contributed by atoms with Gasteiger partial charge in [0.05, 0.1) is 23.4 Å². The van der Waals surface area contributed by atoms with Crippen LogP contribution in [0.15, 0.2) is 34.1 Å². The van der Waals surface area contributed by atoms with Crippen molar-refractivity contribution in [2.45, 2.75) is 55.7 Å². The highest BCUT2D eigenvalue weighted by Crippen LogP contribution is 2.78. The van der Waals surface area contributed by atoms with Gasteiger partial charge in [-0.05, 0) is 43.7 Å². The molecule has 3 aromatic heterocycles. The van der Waals surface area contributed by atoms with Gasteiger partial charge in [-0.3, -0.25) is 9.59 Å². The summed E-state index contributed by atoms with van der Waals surface area (Å²) < 4.78 is 49.4. The molecule has 7 rings (SSSR count). The minimum atomic E-state index is -4.24. The first-order chi connectivity index (χ1) is 17.4. The van der Waals surface area contributed by atoms with Crippen LogP contribution >= 0.6 is 0 Å². The van der Waals surface area contributed by atoms with Crippen molar-refractivity contribution >= 4 is 10.9 Å². The Morgan fingerprint density at radius 1 is 1.14 bits per heavy atom. The smallest absolute Gasteiger partial charge is 0.373 e. The van der Waals surface area contributed by atoms with Gasteiger partial charge in [-0.1, -0.05) is 0 Å². The molecule has 4 heterocycles. The lowest BCUT2D eigenvalue weighted by atomic mass is 9.33. The molecule has 0 unspecified atom stereocenters. The van der Waals surface area contributed by atoms with Crippen molar-refractivity contribution in [2.24, 2.45) is 12.5 Å². The van der Waals surface area contributed by atoms with Crippen LogP contribution in [-0.4, -0.2) is 51.3 Å². The average molecular weight is 517 g/mol. The number of nitrogens with zero attached hydrogens (tertiary/aromatic N) is 6. The summed E-state index contributed by atoms with van der Waals surface area (Å²) in [6.45, 7) is 0.420. The second kappa shape index (κ2) is 7.86. The third-order valence-electron chi connectivity index (χ3n) is 8.32. The van der Waals surface area contributed by atoms with E-state index >= 15 is 0 Å². The number of fused-ring (bicyclic) bond motifs is 1. The number of halogens is 3. The molecule has 1 aliphatic heterocycles. The second-order valence-corrected chi connectivity index (χ2v) is 10.9. The molecule has 2 atom stereocenters. The van der Waals surface area contributed by atoms with Crippen molar-refractivity contribution < 1.29 is 17.9 Å². The maximum absolute atomic E-state index is 13.6. The van der Waals surface area contributed by atoms with E-state index in [1.165, 1.54) is 28.7 Å². The van der Waals surface area contributed by atoms with Crippen LogP contribution in [0.25, 0.3) is 10.9 Å². The van der Waals surface area contributed by atoms with Gasteiger partial charge in [0.2, 0.25) is 0 Å². The summed E-state index contributed by atoms with van der Waals surface area (Å²) in [5, 5.41) is 6.20. The number of aromatic nitrogens is 5. The lowest BCUT2D eigenvalue weighted by Crippen LogP contribution is -2.70. The molecule has 0 amide bonds. The summed E-state index contributed by atoms with van der Waals surface area (Å²) in [6.07, 6.45) is -0.272. The lowest BCUT2D eigenvalue weighted by molar-refractivity contribution is -0.337. The van der Waals surface area contributed by atoms with E-state index in [1.54, 1.807) is 31.4 Å². The number of pyridine rings is 1. The molecule has 0 spiro atoms. The summed E-state index contributed by atoms with van der Waals surface area (Å²) in [5.74, 6) is 0.286. The lowest BCUT2D eigenvalue weighted by Gasteiger charge is -2.70. The number of hydrogen-bond donors (Lipinski definition) is 0. The van der Waals surface area contributed by atoms with E-state index in [4.69, 9.17) is 9.72 Å². The van der Waals surface area contributed by atoms with E-state index in [2.05, 4.69) is 10.1 Å². The predicted molar refractivity (Wildman–Crippen MR) is 128 cm³/mol. The molecule has 0 radical (unpaired) electrons. The van der Waals surface area contributed by atoms with Gasteiger partial charge in [0, 0.05) is 56.7 Å². The Kier molecular flexibility index (Phi) is 5.11. The number of alkyl halides is 3. The molecule has 4 fully saturated rings. The van der Waals surface area contributed by atoms with Gasteiger partial charge in [-0.2, -0.15) is 18.3 Å². The number of ether oxygens (including phenoxy) is 1. The van der Waals surface area contributed by atoms with E-state index in [0.717, 1.165) is 5.56 Å². The van der Waals surface area contributed by atoms with Gasteiger partial charge in [-0.25, -0.2) is 19.3 Å². The normalized spacial score (nSPS) is 29.0. The Bertz CT molecular complexity index is 1510. The van der Waals surface area contributed by atoms with E-state index in [9.17, 15) is 22.8 Å². The largest absolute Gasteiger partial charge is 0.394 e. The van der Waals surface area contributed by atoms with Crippen molar-refractivity contribution in [3.05, 3.63) is 62.3 Å². The van der Waals surface area contributed by atoms with Gasteiger partial charge in [0.1, 0.15) is 11.3 Å². The van der Waals surface area contributed by atoms with Gasteiger partial charge in [0.15, 0.2) is 0 Å². The quantitative estimate of drug-likeness (QED) is 0.526. The molecule has 0 aromatic carbocycles. The molecular formula is C25H27F3N6O3. The summed E-state index contributed by atoms with van der Waals surface area (Å²) >= 11 is 0. The highest BCUT2D eigenvalue weighted by molar-refractivity contribution is 5.81. The van der Waals surface area contributed by atoms with Crippen molar-refractivity contribution in [2.75, 3.05) is 25.7 Å². The summed E-state index contributed by atoms with van der Waals surface area (Å²) in [7, 11) is 5.06. The van der Waals surface area contributed by atoms with E-state index in [-0.39, 0.29) is 42.4 Å². The maximum atomic E-state index is 13.6. The van der Waals surface area contributed by atoms with E-state index in [0.29, 0.717) is 36.4 Å². The maximum Gasteiger partial charge on any atom is 0.394 e. The summed E-state index contributed by atoms with van der Waals surface area (Å²) in [4.78, 5) is 34.6. The molecule has 37 heavy (non-hydrogen) atoms. The zero-order valence-electron chi connectivity index (χ0n) is 20.7. The predicted octanol–water partition coefficient (Wildman–Crippen LogP) is 2.70. The topological polar surface area (TPSA) is 95.1 Å². The van der Waals surface area contributed by atoms with Crippen LogP contribution in [0.3, 0.4) is 0 Å². The first-order valence-electron chi connectivity index (χ1n) is 12.3. The SMILES string of the molecule is CN(C)n1cc([C@H]2C[C@@H](c3nc(C45CC(C(F)(F)F)(C4)C5)c4cnn(C)c(=O)c4n3)CCO2)ccc1=O. The molecular weight excluding hydrogens is 489 g/mol. The van der Waals surface area contributed by atoms with Crippen LogP contribution < -0.4 is 16.1 Å². The Morgan fingerprint density at radius 2 is 1.86 bits per heavy atom. The molecule has 4 aliphatic rings. The average Bonchev–Trinajstić information content (AvgIpc) is 2.79. The molecule has 0 N–H and O–H groups in total. The van der Waals surface area contributed by atoms with Crippen LogP contribution in [0, 0.1) is 5.41 Å². The number of aryl methyl sites for hydroxylation is 1. The molecule has 12 heteroatoms. The Balaban J connectivity index is 1.38. The van der Waals surface area contributed by atoms with Gasteiger partial charge >= 0.3 is 6.18 Å². The zero-order chi connectivity index (χ0) is 26.3. The van der Waals surface area contributed by atoms with E-state index in [1.807, 2.05) is 0 Å². The molecule has 2 bridgehead atoms. The monoisotopic (exact) mass is 516 g/mol. The minimum Gasteiger partial charge on any atom is -0.373 e. The molecule has 1 saturated heterocycles. The summed E-state index contributed by atoms with van der Waals surface area (Å²) in [5.41, 5.74) is -1.39. The Hall–Kier alpha value is -3.28. The van der Waals surface area contributed by atoms with Gasteiger partial charge in [-0.15, -0.1) is 0 Å². The van der Waals surface area contributed by atoms with Crippen molar-refractivity contribution in [3.63, 3.8) is 0 Å². The molecule has 9 nitrogen and oxygen atoms in total. The second-order valence-electron chi connectivity index (χ2n) is 10.9. The van der Waals surface area contributed by atoms with E-state index < -0.39 is 22.6 Å². The molecule has 3 aromatic rings. The van der Waals surface area contributed by atoms with Crippen LogP contribution in [-0.2, 0) is 17.2 Å². The molecule has 3 saturated carbocycles. The number of rotatable bonds is 4. The first-order valence-corrected chi connectivity index (χ1v) is 12.3. The third-order valence-corrected chi connectivity index (χ3v) is 8.32. The van der Waals surface area contributed by atoms with Gasteiger partial charge < -0.3 is 9.75 Å². The fourth-order valence-corrected chi connectivity index (χ4v) is 6.31. The third kappa shape index (κ3) is 3.52. The minimum absolute atomic E-state index is 0.0211.